The van der Waals surface area contributed by atoms with Crippen molar-refractivity contribution < 1.29 is 9.21 Å². The summed E-state index contributed by atoms with van der Waals surface area (Å²) in [5.41, 5.74) is 1.75. The van der Waals surface area contributed by atoms with Crippen molar-refractivity contribution in [2.75, 3.05) is 26.2 Å². The molecule has 4 heterocycles. The predicted octanol–water partition coefficient (Wildman–Crippen LogP) is 2.76. The Hall–Kier alpha value is -2.51. The van der Waals surface area contributed by atoms with E-state index >= 15 is 0 Å². The second-order valence-electron chi connectivity index (χ2n) is 5.93. The van der Waals surface area contributed by atoms with Crippen molar-refractivity contribution in [3.63, 3.8) is 0 Å². The largest absolute Gasteiger partial charge is 0.462 e. The topological polar surface area (TPSA) is 62.5 Å². The van der Waals surface area contributed by atoms with Gasteiger partial charge in [0.2, 0.25) is 0 Å². The zero-order valence-electron chi connectivity index (χ0n) is 13.7. The van der Waals surface area contributed by atoms with Crippen LogP contribution in [0.4, 0.5) is 0 Å². The Morgan fingerprint density at radius 3 is 2.68 bits per heavy atom. The van der Waals surface area contributed by atoms with Gasteiger partial charge in [-0.2, -0.15) is 0 Å². The van der Waals surface area contributed by atoms with E-state index in [1.54, 1.807) is 42.1 Å². The van der Waals surface area contributed by atoms with Crippen LogP contribution in [0, 0.1) is 0 Å². The molecule has 1 amide bonds. The van der Waals surface area contributed by atoms with Crippen molar-refractivity contribution in [3.8, 4) is 10.8 Å². The van der Waals surface area contributed by atoms with Gasteiger partial charge < -0.3 is 9.32 Å². The first-order chi connectivity index (χ1) is 12.3. The van der Waals surface area contributed by atoms with Gasteiger partial charge in [0.15, 0.2) is 10.8 Å². The smallest absolute Gasteiger partial charge is 0.254 e. The SMILES string of the molecule is O=C(c1ccncc1)N1CCN(Cc2csc(-c3ccco3)n2)CC1. The molecule has 0 saturated carbocycles. The molecule has 6 nitrogen and oxygen atoms in total. The van der Waals surface area contributed by atoms with Crippen molar-refractivity contribution in [2.24, 2.45) is 0 Å². The molecule has 0 radical (unpaired) electrons. The van der Waals surface area contributed by atoms with E-state index in [2.05, 4.69) is 20.2 Å². The summed E-state index contributed by atoms with van der Waals surface area (Å²) >= 11 is 1.60. The first kappa shape index (κ1) is 16.0. The Labute approximate surface area is 149 Å². The second-order valence-corrected chi connectivity index (χ2v) is 6.78. The molecule has 0 atom stereocenters. The van der Waals surface area contributed by atoms with E-state index in [0.29, 0.717) is 5.56 Å². The fourth-order valence-corrected chi connectivity index (χ4v) is 3.69. The number of rotatable bonds is 4. The lowest BCUT2D eigenvalue weighted by Crippen LogP contribution is -2.48. The van der Waals surface area contributed by atoms with Gasteiger partial charge in [-0.05, 0) is 24.3 Å². The maximum absolute atomic E-state index is 12.5. The summed E-state index contributed by atoms with van der Waals surface area (Å²) in [6, 6.07) is 7.32. The van der Waals surface area contributed by atoms with Gasteiger partial charge in [0.25, 0.3) is 5.91 Å². The highest BCUT2D eigenvalue weighted by Gasteiger charge is 2.22. The summed E-state index contributed by atoms with van der Waals surface area (Å²) < 4.78 is 5.39. The molecule has 0 aliphatic carbocycles. The van der Waals surface area contributed by atoms with Gasteiger partial charge in [-0.3, -0.25) is 14.7 Å². The lowest BCUT2D eigenvalue weighted by atomic mass is 10.2. The van der Waals surface area contributed by atoms with Crippen LogP contribution < -0.4 is 0 Å². The van der Waals surface area contributed by atoms with Crippen molar-refractivity contribution in [1.29, 1.82) is 0 Å². The number of amides is 1. The Balaban J connectivity index is 1.33. The summed E-state index contributed by atoms with van der Waals surface area (Å²) in [5.74, 6) is 0.889. The molecule has 1 aliphatic rings. The van der Waals surface area contributed by atoms with Gasteiger partial charge in [0.1, 0.15) is 0 Å². The lowest BCUT2D eigenvalue weighted by Gasteiger charge is -2.34. The highest BCUT2D eigenvalue weighted by atomic mass is 32.1. The number of thiazole rings is 1. The minimum Gasteiger partial charge on any atom is -0.462 e. The predicted molar refractivity (Wildman–Crippen MR) is 95.2 cm³/mol. The summed E-state index contributed by atoms with van der Waals surface area (Å²) in [4.78, 5) is 25.3. The van der Waals surface area contributed by atoms with Gasteiger partial charge in [-0.1, -0.05) is 0 Å². The zero-order valence-corrected chi connectivity index (χ0v) is 14.5. The minimum atomic E-state index is 0.0795. The normalized spacial score (nSPS) is 15.4. The van der Waals surface area contributed by atoms with E-state index < -0.39 is 0 Å². The molecule has 0 bridgehead atoms. The van der Waals surface area contributed by atoms with E-state index in [9.17, 15) is 4.79 Å². The van der Waals surface area contributed by atoms with Crippen LogP contribution >= 0.6 is 11.3 Å². The summed E-state index contributed by atoms with van der Waals surface area (Å²) in [7, 11) is 0. The number of carbonyl (C=O) groups is 1. The quantitative estimate of drug-likeness (QED) is 0.721. The Morgan fingerprint density at radius 1 is 1.16 bits per heavy atom. The van der Waals surface area contributed by atoms with Gasteiger partial charge >= 0.3 is 0 Å². The van der Waals surface area contributed by atoms with Crippen LogP contribution in [-0.4, -0.2) is 51.9 Å². The Kier molecular flexibility index (Phi) is 4.58. The third-order valence-corrected chi connectivity index (χ3v) is 5.16. The van der Waals surface area contributed by atoms with E-state index in [1.807, 2.05) is 17.0 Å². The maximum atomic E-state index is 12.5. The average Bonchev–Trinajstić information content (AvgIpc) is 3.34. The Morgan fingerprint density at radius 2 is 1.96 bits per heavy atom. The first-order valence-corrected chi connectivity index (χ1v) is 9.07. The molecule has 1 saturated heterocycles. The molecule has 1 fully saturated rings. The molecular formula is C18H18N4O2S. The fourth-order valence-electron chi connectivity index (χ4n) is 2.91. The molecule has 7 heteroatoms. The van der Waals surface area contributed by atoms with Crippen molar-refractivity contribution >= 4 is 17.2 Å². The van der Waals surface area contributed by atoms with Gasteiger partial charge in [0, 0.05) is 56.1 Å². The molecule has 128 valence electrons. The number of aromatic nitrogens is 2. The molecule has 25 heavy (non-hydrogen) atoms. The number of hydrogen-bond donors (Lipinski definition) is 0. The standard InChI is InChI=1S/C18H18N4O2S/c23-18(14-3-5-19-6-4-14)22-9-7-21(8-10-22)12-15-13-25-17(20-15)16-2-1-11-24-16/h1-6,11,13H,7-10,12H2. The number of nitrogens with zero attached hydrogens (tertiary/aromatic N) is 4. The highest BCUT2D eigenvalue weighted by Crippen LogP contribution is 2.24. The van der Waals surface area contributed by atoms with E-state index in [0.717, 1.165) is 49.2 Å². The van der Waals surface area contributed by atoms with Crippen LogP contribution in [-0.2, 0) is 6.54 Å². The number of hydrogen-bond acceptors (Lipinski definition) is 6. The van der Waals surface area contributed by atoms with Crippen LogP contribution in [0.2, 0.25) is 0 Å². The van der Waals surface area contributed by atoms with Gasteiger partial charge in [-0.25, -0.2) is 4.98 Å². The zero-order chi connectivity index (χ0) is 17.1. The van der Waals surface area contributed by atoms with Crippen LogP contribution in [0.5, 0.6) is 0 Å². The number of furan rings is 1. The molecule has 0 spiro atoms. The van der Waals surface area contributed by atoms with Crippen LogP contribution in [0.25, 0.3) is 10.8 Å². The number of carbonyl (C=O) groups excluding carboxylic acids is 1. The van der Waals surface area contributed by atoms with Crippen LogP contribution in [0.15, 0.2) is 52.7 Å². The van der Waals surface area contributed by atoms with Crippen LogP contribution in [0.1, 0.15) is 16.1 Å². The van der Waals surface area contributed by atoms with Gasteiger partial charge in [0.05, 0.1) is 12.0 Å². The van der Waals surface area contributed by atoms with E-state index in [4.69, 9.17) is 4.42 Å². The third-order valence-electron chi connectivity index (χ3n) is 4.26. The second kappa shape index (κ2) is 7.16. The van der Waals surface area contributed by atoms with E-state index in [1.165, 1.54) is 0 Å². The molecule has 1 aliphatic heterocycles. The third kappa shape index (κ3) is 3.62. The minimum absolute atomic E-state index is 0.0795. The molecule has 4 rings (SSSR count). The Bertz CT molecular complexity index is 824. The van der Waals surface area contributed by atoms with Gasteiger partial charge in [-0.15, -0.1) is 11.3 Å². The fraction of sp³-hybridized carbons (Fsp3) is 0.278. The summed E-state index contributed by atoms with van der Waals surface area (Å²) in [6.07, 6.45) is 4.97. The van der Waals surface area contributed by atoms with Crippen molar-refractivity contribution in [2.45, 2.75) is 6.54 Å². The molecule has 3 aromatic rings. The van der Waals surface area contributed by atoms with E-state index in [-0.39, 0.29) is 5.91 Å². The van der Waals surface area contributed by atoms with Crippen molar-refractivity contribution in [1.82, 2.24) is 19.8 Å². The molecule has 0 unspecified atom stereocenters. The average molecular weight is 354 g/mol. The lowest BCUT2D eigenvalue weighted by molar-refractivity contribution is 0.0627. The number of piperazine rings is 1. The maximum Gasteiger partial charge on any atom is 0.254 e. The summed E-state index contributed by atoms with van der Waals surface area (Å²) in [5, 5.41) is 2.98. The molecule has 3 aromatic heterocycles. The monoisotopic (exact) mass is 354 g/mol. The molecule has 0 aromatic carbocycles. The van der Waals surface area contributed by atoms with Crippen molar-refractivity contribution in [3.05, 3.63) is 59.6 Å². The van der Waals surface area contributed by atoms with Crippen LogP contribution in [0.3, 0.4) is 0 Å². The number of pyridine rings is 1. The molecule has 0 N–H and O–H groups in total. The first-order valence-electron chi connectivity index (χ1n) is 8.19. The molecular weight excluding hydrogens is 336 g/mol. The highest BCUT2D eigenvalue weighted by molar-refractivity contribution is 7.13. The summed E-state index contributed by atoms with van der Waals surface area (Å²) in [6.45, 7) is 3.97.